The van der Waals surface area contributed by atoms with E-state index in [1.54, 1.807) is 19.2 Å². The Morgan fingerprint density at radius 2 is 1.77 bits per heavy atom. The third-order valence-corrected chi connectivity index (χ3v) is 6.19. The molecular weight excluding hydrogens is 327 g/mol. The van der Waals surface area contributed by atoms with E-state index in [1.807, 2.05) is 12.1 Å². The molecular formula is C22H35FN2O. The number of methoxy groups -OCH3 is 1. The summed E-state index contributed by atoms with van der Waals surface area (Å²) in [6, 6.07) is 7.05. The average molecular weight is 363 g/mol. The van der Waals surface area contributed by atoms with Gasteiger partial charge in [0.25, 0.3) is 0 Å². The van der Waals surface area contributed by atoms with Crippen molar-refractivity contribution < 1.29 is 9.13 Å². The molecule has 2 saturated heterocycles. The summed E-state index contributed by atoms with van der Waals surface area (Å²) in [7, 11) is 1.79. The van der Waals surface area contributed by atoms with Gasteiger partial charge in [-0.25, -0.2) is 4.39 Å². The van der Waals surface area contributed by atoms with Crippen molar-refractivity contribution in [2.45, 2.75) is 38.5 Å². The van der Waals surface area contributed by atoms with Crippen LogP contribution in [0.5, 0.6) is 0 Å². The van der Waals surface area contributed by atoms with E-state index in [0.717, 1.165) is 31.4 Å². The Balaban J connectivity index is 1.36. The number of rotatable bonds is 8. The molecule has 2 fully saturated rings. The second-order valence-electron chi connectivity index (χ2n) is 8.21. The standard InChI is InChI=1S/C22H35FN2O/c1-26-16-15-24-13-10-21(11-14-24)18-25-12-2-3-20(17-25)5-4-19-6-8-22(23)9-7-19/h6-9,20-21H,2-5,10-18H2,1H3. The Bertz CT molecular complexity index is 513. The van der Waals surface area contributed by atoms with Crippen LogP contribution in [0.4, 0.5) is 4.39 Å². The quantitative estimate of drug-likeness (QED) is 0.699. The summed E-state index contributed by atoms with van der Waals surface area (Å²) >= 11 is 0. The Labute approximate surface area is 158 Å². The molecule has 1 aromatic rings. The number of likely N-dealkylation sites (tertiary alicyclic amines) is 2. The number of benzene rings is 1. The average Bonchev–Trinajstić information content (AvgIpc) is 2.67. The molecule has 2 aliphatic heterocycles. The van der Waals surface area contributed by atoms with Crippen molar-refractivity contribution in [3.8, 4) is 0 Å². The highest BCUT2D eigenvalue weighted by Crippen LogP contribution is 2.25. The van der Waals surface area contributed by atoms with Crippen LogP contribution in [0.25, 0.3) is 0 Å². The number of halogens is 1. The molecule has 1 unspecified atom stereocenters. The fraction of sp³-hybridized carbons (Fsp3) is 0.727. The molecule has 0 saturated carbocycles. The van der Waals surface area contributed by atoms with E-state index in [1.165, 1.54) is 70.4 Å². The number of ether oxygens (including phenoxy) is 1. The molecule has 26 heavy (non-hydrogen) atoms. The molecule has 3 nitrogen and oxygen atoms in total. The Kier molecular flexibility index (Phi) is 7.90. The summed E-state index contributed by atoms with van der Waals surface area (Å²) in [6.07, 6.45) is 7.67. The van der Waals surface area contributed by atoms with E-state index in [4.69, 9.17) is 4.74 Å². The van der Waals surface area contributed by atoms with Crippen molar-refractivity contribution >= 4 is 0 Å². The molecule has 0 aromatic heterocycles. The minimum atomic E-state index is -0.133. The van der Waals surface area contributed by atoms with Gasteiger partial charge in [-0.2, -0.15) is 0 Å². The topological polar surface area (TPSA) is 15.7 Å². The molecule has 146 valence electrons. The van der Waals surface area contributed by atoms with E-state index in [9.17, 15) is 4.39 Å². The maximum Gasteiger partial charge on any atom is 0.123 e. The zero-order valence-electron chi connectivity index (χ0n) is 16.3. The normalized spacial score (nSPS) is 23.4. The maximum atomic E-state index is 13.0. The predicted octanol–water partition coefficient (Wildman–Crippen LogP) is 3.83. The molecule has 0 radical (unpaired) electrons. The number of piperidine rings is 2. The largest absolute Gasteiger partial charge is 0.383 e. The molecule has 3 rings (SSSR count). The minimum Gasteiger partial charge on any atom is -0.383 e. The monoisotopic (exact) mass is 362 g/mol. The van der Waals surface area contributed by atoms with E-state index in [2.05, 4.69) is 9.80 Å². The van der Waals surface area contributed by atoms with Gasteiger partial charge in [-0.3, -0.25) is 0 Å². The first kappa shape index (κ1) is 19.8. The lowest BCUT2D eigenvalue weighted by Crippen LogP contribution is -2.43. The molecule has 1 aromatic carbocycles. The lowest BCUT2D eigenvalue weighted by atomic mass is 9.90. The third-order valence-electron chi connectivity index (χ3n) is 6.19. The van der Waals surface area contributed by atoms with E-state index < -0.39 is 0 Å². The highest BCUT2D eigenvalue weighted by Gasteiger charge is 2.25. The van der Waals surface area contributed by atoms with Crippen LogP contribution in [0.3, 0.4) is 0 Å². The summed E-state index contributed by atoms with van der Waals surface area (Å²) in [5, 5.41) is 0. The van der Waals surface area contributed by atoms with E-state index in [0.29, 0.717) is 0 Å². The van der Waals surface area contributed by atoms with Crippen LogP contribution < -0.4 is 0 Å². The van der Waals surface area contributed by atoms with Gasteiger partial charge in [0.15, 0.2) is 0 Å². The molecule has 0 aliphatic carbocycles. The summed E-state index contributed by atoms with van der Waals surface area (Å²) in [5.74, 6) is 1.53. The molecule has 1 atom stereocenters. The van der Waals surface area contributed by atoms with Gasteiger partial charge in [0, 0.05) is 26.7 Å². The van der Waals surface area contributed by atoms with Gasteiger partial charge in [-0.1, -0.05) is 12.1 Å². The van der Waals surface area contributed by atoms with Crippen molar-refractivity contribution in [3.63, 3.8) is 0 Å². The van der Waals surface area contributed by atoms with Gasteiger partial charge in [0.1, 0.15) is 5.82 Å². The summed E-state index contributed by atoms with van der Waals surface area (Å²) < 4.78 is 18.2. The number of hydrogen-bond acceptors (Lipinski definition) is 3. The lowest BCUT2D eigenvalue weighted by Gasteiger charge is -2.38. The Morgan fingerprint density at radius 3 is 2.50 bits per heavy atom. The van der Waals surface area contributed by atoms with Crippen LogP contribution >= 0.6 is 0 Å². The number of aryl methyl sites for hydroxylation is 1. The van der Waals surface area contributed by atoms with Gasteiger partial charge in [-0.05, 0) is 87.7 Å². The fourth-order valence-electron chi connectivity index (χ4n) is 4.55. The molecule has 0 amide bonds. The van der Waals surface area contributed by atoms with Crippen LogP contribution in [0.15, 0.2) is 24.3 Å². The van der Waals surface area contributed by atoms with Gasteiger partial charge < -0.3 is 14.5 Å². The van der Waals surface area contributed by atoms with Gasteiger partial charge >= 0.3 is 0 Å². The van der Waals surface area contributed by atoms with Gasteiger partial charge in [0.05, 0.1) is 6.61 Å². The van der Waals surface area contributed by atoms with Crippen molar-refractivity contribution in [1.29, 1.82) is 0 Å². The smallest absolute Gasteiger partial charge is 0.123 e. The van der Waals surface area contributed by atoms with Crippen molar-refractivity contribution in [1.82, 2.24) is 9.80 Å². The fourth-order valence-corrected chi connectivity index (χ4v) is 4.55. The van der Waals surface area contributed by atoms with Crippen molar-refractivity contribution in [2.75, 3.05) is 53.0 Å². The van der Waals surface area contributed by atoms with E-state index in [-0.39, 0.29) is 5.82 Å². The highest BCUT2D eigenvalue weighted by molar-refractivity contribution is 5.16. The van der Waals surface area contributed by atoms with Crippen molar-refractivity contribution in [3.05, 3.63) is 35.6 Å². The summed E-state index contributed by atoms with van der Waals surface area (Å²) in [5.41, 5.74) is 1.27. The third kappa shape index (κ3) is 6.33. The Morgan fingerprint density at radius 1 is 1.00 bits per heavy atom. The van der Waals surface area contributed by atoms with Crippen LogP contribution in [0.1, 0.15) is 37.7 Å². The van der Waals surface area contributed by atoms with Crippen LogP contribution in [0.2, 0.25) is 0 Å². The van der Waals surface area contributed by atoms with E-state index >= 15 is 0 Å². The molecule has 2 heterocycles. The number of nitrogens with zero attached hydrogens (tertiary/aromatic N) is 2. The molecule has 0 spiro atoms. The molecule has 0 N–H and O–H groups in total. The first-order valence-electron chi connectivity index (χ1n) is 10.4. The summed E-state index contributed by atoms with van der Waals surface area (Å²) in [4.78, 5) is 5.26. The summed E-state index contributed by atoms with van der Waals surface area (Å²) in [6.45, 7) is 8.21. The molecule has 2 aliphatic rings. The Hall–Kier alpha value is -0.970. The lowest BCUT2D eigenvalue weighted by molar-refractivity contribution is 0.0924. The molecule has 4 heteroatoms. The zero-order chi connectivity index (χ0) is 18.2. The second-order valence-corrected chi connectivity index (χ2v) is 8.21. The first-order chi connectivity index (χ1) is 12.7. The highest BCUT2D eigenvalue weighted by atomic mass is 19.1. The maximum absolute atomic E-state index is 13.0. The predicted molar refractivity (Wildman–Crippen MR) is 105 cm³/mol. The van der Waals surface area contributed by atoms with Crippen LogP contribution in [-0.4, -0.2) is 62.8 Å². The SMILES string of the molecule is COCCN1CCC(CN2CCCC(CCc3ccc(F)cc3)C2)CC1. The second kappa shape index (κ2) is 10.4. The first-order valence-corrected chi connectivity index (χ1v) is 10.4. The van der Waals surface area contributed by atoms with Gasteiger partial charge in [-0.15, -0.1) is 0 Å². The van der Waals surface area contributed by atoms with Crippen LogP contribution in [0, 0.1) is 17.7 Å². The van der Waals surface area contributed by atoms with Crippen molar-refractivity contribution in [2.24, 2.45) is 11.8 Å². The zero-order valence-corrected chi connectivity index (χ0v) is 16.3. The number of hydrogen-bond donors (Lipinski definition) is 0. The molecule has 0 bridgehead atoms. The van der Waals surface area contributed by atoms with Gasteiger partial charge in [0.2, 0.25) is 0 Å². The minimum absolute atomic E-state index is 0.133. The van der Waals surface area contributed by atoms with Crippen LogP contribution in [-0.2, 0) is 11.2 Å².